The van der Waals surface area contributed by atoms with E-state index in [9.17, 15) is 4.79 Å². The van der Waals surface area contributed by atoms with Crippen LogP contribution in [0.5, 0.6) is 0 Å². The lowest BCUT2D eigenvalue weighted by molar-refractivity contribution is -0.127. The van der Waals surface area contributed by atoms with Gasteiger partial charge in [-0.25, -0.2) is 0 Å². The quantitative estimate of drug-likeness (QED) is 0.600. The zero-order valence-electron chi connectivity index (χ0n) is 8.52. The zero-order chi connectivity index (χ0) is 9.90. The monoisotopic (exact) mass is 186 g/mol. The molecule has 0 aromatic heterocycles. The van der Waals surface area contributed by atoms with Gasteiger partial charge in [0.15, 0.2) is 0 Å². The number of carbonyl (C=O) groups is 1. The Kier molecular flexibility index (Phi) is 3.27. The summed E-state index contributed by atoms with van der Waals surface area (Å²) in [4.78, 5) is 11.6. The number of morpholine rings is 1. The Bertz CT molecular complexity index is 181. The first-order valence-electron chi connectivity index (χ1n) is 4.62. The number of hydrogen-bond donors (Lipinski definition) is 2. The van der Waals surface area contributed by atoms with Crippen LogP contribution in [-0.4, -0.2) is 37.2 Å². The zero-order valence-corrected chi connectivity index (χ0v) is 8.52. The molecule has 4 nitrogen and oxygen atoms in total. The third kappa shape index (κ3) is 3.74. The minimum atomic E-state index is -0.187. The summed E-state index contributed by atoms with van der Waals surface area (Å²) in [6.45, 7) is 7.82. The first-order valence-corrected chi connectivity index (χ1v) is 4.62. The molecular weight excluding hydrogens is 168 g/mol. The fourth-order valence-electron chi connectivity index (χ4n) is 1.19. The fourth-order valence-corrected chi connectivity index (χ4v) is 1.19. The predicted molar refractivity (Wildman–Crippen MR) is 50.5 cm³/mol. The van der Waals surface area contributed by atoms with Crippen LogP contribution in [0.25, 0.3) is 0 Å². The number of ether oxygens (including phenoxy) is 1. The van der Waals surface area contributed by atoms with E-state index in [1.165, 1.54) is 0 Å². The Balaban J connectivity index is 2.38. The summed E-state index contributed by atoms with van der Waals surface area (Å²) in [5.74, 6) is 0.0206. The topological polar surface area (TPSA) is 50.4 Å². The fraction of sp³-hybridized carbons (Fsp3) is 0.889. The molecule has 1 atom stereocenters. The molecule has 76 valence electrons. The van der Waals surface area contributed by atoms with E-state index in [-0.39, 0.29) is 17.5 Å². The second-order valence-corrected chi connectivity index (χ2v) is 4.32. The molecule has 1 aliphatic rings. The number of amides is 1. The van der Waals surface area contributed by atoms with Gasteiger partial charge in [0.05, 0.1) is 13.2 Å². The van der Waals surface area contributed by atoms with Crippen LogP contribution >= 0.6 is 0 Å². The highest BCUT2D eigenvalue weighted by molar-refractivity contribution is 5.82. The molecule has 1 saturated heterocycles. The summed E-state index contributed by atoms with van der Waals surface area (Å²) in [5.41, 5.74) is -0.170. The SMILES string of the molecule is CC(C)(C)NC(=O)C1COCCN1. The van der Waals surface area contributed by atoms with Crippen LogP contribution in [0.1, 0.15) is 20.8 Å². The third-order valence-corrected chi connectivity index (χ3v) is 1.74. The van der Waals surface area contributed by atoms with Gasteiger partial charge in [0.1, 0.15) is 6.04 Å². The van der Waals surface area contributed by atoms with Gasteiger partial charge < -0.3 is 15.4 Å². The summed E-state index contributed by atoms with van der Waals surface area (Å²) in [6, 6.07) is -0.187. The molecule has 0 radical (unpaired) electrons. The lowest BCUT2D eigenvalue weighted by Crippen LogP contribution is -2.55. The van der Waals surface area contributed by atoms with Crippen molar-refractivity contribution in [2.24, 2.45) is 0 Å². The molecule has 2 N–H and O–H groups in total. The molecule has 0 spiro atoms. The molecule has 0 aromatic carbocycles. The summed E-state index contributed by atoms with van der Waals surface area (Å²) < 4.78 is 5.19. The van der Waals surface area contributed by atoms with Crippen molar-refractivity contribution in [1.82, 2.24) is 10.6 Å². The molecule has 0 aromatic rings. The third-order valence-electron chi connectivity index (χ3n) is 1.74. The predicted octanol–water partition coefficient (Wildman–Crippen LogP) is -0.110. The summed E-state index contributed by atoms with van der Waals surface area (Å²) in [7, 11) is 0. The van der Waals surface area contributed by atoms with E-state index < -0.39 is 0 Å². The van der Waals surface area contributed by atoms with Crippen LogP contribution in [-0.2, 0) is 9.53 Å². The van der Waals surface area contributed by atoms with Crippen molar-refractivity contribution in [2.75, 3.05) is 19.8 Å². The standard InChI is InChI=1S/C9H18N2O2/c1-9(2,3)11-8(12)7-6-13-5-4-10-7/h7,10H,4-6H2,1-3H3,(H,11,12). The van der Waals surface area contributed by atoms with Crippen LogP contribution in [0.3, 0.4) is 0 Å². The van der Waals surface area contributed by atoms with Crippen molar-refractivity contribution in [2.45, 2.75) is 32.4 Å². The van der Waals surface area contributed by atoms with Crippen molar-refractivity contribution < 1.29 is 9.53 Å². The number of carbonyl (C=O) groups excluding carboxylic acids is 1. The van der Waals surface area contributed by atoms with E-state index in [0.29, 0.717) is 13.2 Å². The Labute approximate surface area is 79.0 Å². The van der Waals surface area contributed by atoms with Crippen LogP contribution < -0.4 is 10.6 Å². The molecule has 4 heteroatoms. The Morgan fingerprint density at radius 1 is 1.54 bits per heavy atom. The molecule has 0 saturated carbocycles. The average Bonchev–Trinajstić information content (AvgIpc) is 2.03. The van der Waals surface area contributed by atoms with E-state index in [1.54, 1.807) is 0 Å². The smallest absolute Gasteiger partial charge is 0.239 e. The summed E-state index contributed by atoms with van der Waals surface area (Å²) in [6.07, 6.45) is 0. The largest absolute Gasteiger partial charge is 0.378 e. The molecule has 1 amide bonds. The van der Waals surface area contributed by atoms with Crippen LogP contribution in [0.4, 0.5) is 0 Å². The van der Waals surface area contributed by atoms with Gasteiger partial charge in [-0.3, -0.25) is 4.79 Å². The van der Waals surface area contributed by atoms with Crippen molar-refractivity contribution in [3.63, 3.8) is 0 Å². The van der Waals surface area contributed by atoms with Crippen molar-refractivity contribution in [3.05, 3.63) is 0 Å². The van der Waals surface area contributed by atoms with Crippen molar-refractivity contribution in [3.8, 4) is 0 Å². The Morgan fingerprint density at radius 2 is 2.23 bits per heavy atom. The van der Waals surface area contributed by atoms with Crippen LogP contribution in [0, 0.1) is 0 Å². The van der Waals surface area contributed by atoms with Crippen molar-refractivity contribution >= 4 is 5.91 Å². The molecule has 1 unspecified atom stereocenters. The van der Waals surface area contributed by atoms with E-state index in [1.807, 2.05) is 20.8 Å². The molecule has 1 rings (SSSR count). The van der Waals surface area contributed by atoms with Gasteiger partial charge >= 0.3 is 0 Å². The molecule has 0 bridgehead atoms. The van der Waals surface area contributed by atoms with Gasteiger partial charge in [-0.05, 0) is 20.8 Å². The van der Waals surface area contributed by atoms with E-state index in [0.717, 1.165) is 6.54 Å². The van der Waals surface area contributed by atoms with Crippen LogP contribution in [0.15, 0.2) is 0 Å². The van der Waals surface area contributed by atoms with Gasteiger partial charge in [0.2, 0.25) is 5.91 Å². The van der Waals surface area contributed by atoms with Gasteiger partial charge in [0, 0.05) is 12.1 Å². The van der Waals surface area contributed by atoms with Crippen LogP contribution in [0.2, 0.25) is 0 Å². The molecule has 0 aliphatic carbocycles. The summed E-state index contributed by atoms with van der Waals surface area (Å²) in [5, 5.41) is 6.01. The second kappa shape index (κ2) is 4.07. The van der Waals surface area contributed by atoms with E-state index >= 15 is 0 Å². The second-order valence-electron chi connectivity index (χ2n) is 4.32. The number of nitrogens with one attached hydrogen (secondary N) is 2. The minimum absolute atomic E-state index is 0.0206. The first kappa shape index (κ1) is 10.5. The molecule has 1 fully saturated rings. The highest BCUT2D eigenvalue weighted by Gasteiger charge is 2.24. The molecule has 13 heavy (non-hydrogen) atoms. The Morgan fingerprint density at radius 3 is 2.69 bits per heavy atom. The lowest BCUT2D eigenvalue weighted by Gasteiger charge is -2.27. The maximum Gasteiger partial charge on any atom is 0.239 e. The summed E-state index contributed by atoms with van der Waals surface area (Å²) >= 11 is 0. The lowest BCUT2D eigenvalue weighted by atomic mass is 10.1. The van der Waals surface area contributed by atoms with Gasteiger partial charge in [0.25, 0.3) is 0 Å². The molecular formula is C9H18N2O2. The molecule has 1 aliphatic heterocycles. The maximum atomic E-state index is 11.6. The van der Waals surface area contributed by atoms with E-state index in [2.05, 4.69) is 10.6 Å². The van der Waals surface area contributed by atoms with Gasteiger partial charge in [-0.15, -0.1) is 0 Å². The minimum Gasteiger partial charge on any atom is -0.378 e. The maximum absolute atomic E-state index is 11.6. The van der Waals surface area contributed by atoms with Gasteiger partial charge in [-0.1, -0.05) is 0 Å². The highest BCUT2D eigenvalue weighted by Crippen LogP contribution is 2.01. The van der Waals surface area contributed by atoms with Gasteiger partial charge in [-0.2, -0.15) is 0 Å². The Hall–Kier alpha value is -0.610. The normalized spacial score (nSPS) is 24.1. The highest BCUT2D eigenvalue weighted by atomic mass is 16.5. The first-order chi connectivity index (χ1) is 5.99. The number of hydrogen-bond acceptors (Lipinski definition) is 3. The van der Waals surface area contributed by atoms with Crippen molar-refractivity contribution in [1.29, 1.82) is 0 Å². The average molecular weight is 186 g/mol. The number of rotatable bonds is 1. The van der Waals surface area contributed by atoms with E-state index in [4.69, 9.17) is 4.74 Å². The molecule has 1 heterocycles.